The van der Waals surface area contributed by atoms with E-state index in [1.165, 1.54) is 6.42 Å². The first kappa shape index (κ1) is 23.5. The Balaban J connectivity index is 1.45. The molecule has 4 N–H and O–H groups in total. The molecule has 0 heterocycles. The van der Waals surface area contributed by atoms with Gasteiger partial charge in [0.05, 0.1) is 18.4 Å². The quantitative estimate of drug-likeness (QED) is 0.368. The number of rotatable bonds is 7. The molecule has 0 spiro atoms. The van der Waals surface area contributed by atoms with Gasteiger partial charge in [0.15, 0.2) is 0 Å². The first-order chi connectivity index (χ1) is 14.4. The van der Waals surface area contributed by atoms with E-state index in [0.717, 1.165) is 44.9 Å². The lowest BCUT2D eigenvalue weighted by Gasteiger charge is -2.39. The third-order valence-electron chi connectivity index (χ3n) is 7.82. The Hall–Kier alpha value is -1.18. The third kappa shape index (κ3) is 6.17. The van der Waals surface area contributed by atoms with Crippen LogP contribution in [0, 0.1) is 29.6 Å². The van der Waals surface area contributed by atoms with Gasteiger partial charge >= 0.3 is 5.97 Å². The first-order valence-corrected chi connectivity index (χ1v) is 11.9. The maximum atomic E-state index is 12.8. The van der Waals surface area contributed by atoms with Crippen LogP contribution in [0.25, 0.3) is 0 Å². The SMILES string of the molecule is CC1CCC(NC2CCC(NC(=O)C3CCC(C)CC3C(=O)O)CC2)C(COO)C1. The van der Waals surface area contributed by atoms with Crippen molar-refractivity contribution < 1.29 is 24.8 Å². The zero-order chi connectivity index (χ0) is 21.7. The summed E-state index contributed by atoms with van der Waals surface area (Å²) in [4.78, 5) is 28.9. The molecule has 0 aromatic rings. The maximum absolute atomic E-state index is 12.8. The van der Waals surface area contributed by atoms with Gasteiger partial charge in [-0.2, -0.15) is 0 Å². The molecule has 3 saturated carbocycles. The van der Waals surface area contributed by atoms with Crippen LogP contribution in [0.15, 0.2) is 0 Å². The molecule has 6 unspecified atom stereocenters. The summed E-state index contributed by atoms with van der Waals surface area (Å²) in [6.07, 6.45) is 9.46. The summed E-state index contributed by atoms with van der Waals surface area (Å²) in [6, 6.07) is 0.956. The molecule has 0 saturated heterocycles. The van der Waals surface area contributed by atoms with Crippen molar-refractivity contribution in [1.82, 2.24) is 10.6 Å². The average molecular weight is 425 g/mol. The van der Waals surface area contributed by atoms with Gasteiger partial charge in [-0.3, -0.25) is 14.8 Å². The fourth-order valence-electron chi connectivity index (χ4n) is 5.98. The van der Waals surface area contributed by atoms with Gasteiger partial charge in [0, 0.05) is 24.0 Å². The predicted octanol–water partition coefficient (Wildman–Crippen LogP) is 3.43. The standard InChI is InChI=1S/C23H40N2O5/c1-14-4-10-21(16(11-14)13-30-29)24-17-5-7-18(8-6-17)25-22(26)19-9-3-15(2)12-20(19)23(27)28/h14-21,24,29H,3-13H2,1-2H3,(H,25,26)(H,27,28). The van der Waals surface area contributed by atoms with E-state index in [9.17, 15) is 14.7 Å². The van der Waals surface area contributed by atoms with E-state index in [1.807, 2.05) is 0 Å². The van der Waals surface area contributed by atoms with Crippen molar-refractivity contribution in [2.45, 2.75) is 96.2 Å². The Morgan fingerprint density at radius 1 is 0.867 bits per heavy atom. The number of hydrogen-bond donors (Lipinski definition) is 4. The van der Waals surface area contributed by atoms with Crippen LogP contribution in [0.3, 0.4) is 0 Å². The molecule has 0 aromatic carbocycles. The molecule has 3 aliphatic rings. The molecule has 3 aliphatic carbocycles. The average Bonchev–Trinajstić information content (AvgIpc) is 2.71. The van der Waals surface area contributed by atoms with Crippen LogP contribution in [0.4, 0.5) is 0 Å². The Kier molecular flexibility index (Phi) is 8.54. The number of aliphatic carboxylic acids is 1. The summed E-state index contributed by atoms with van der Waals surface area (Å²) in [7, 11) is 0. The number of carbonyl (C=O) groups is 2. The van der Waals surface area contributed by atoms with Crippen molar-refractivity contribution in [3.63, 3.8) is 0 Å². The largest absolute Gasteiger partial charge is 0.481 e. The lowest BCUT2D eigenvalue weighted by Crippen LogP contribution is -2.50. The number of hydrogen-bond acceptors (Lipinski definition) is 5. The third-order valence-corrected chi connectivity index (χ3v) is 7.82. The van der Waals surface area contributed by atoms with Crippen LogP contribution >= 0.6 is 0 Å². The van der Waals surface area contributed by atoms with E-state index in [1.54, 1.807) is 0 Å². The van der Waals surface area contributed by atoms with Crippen LogP contribution < -0.4 is 10.6 Å². The van der Waals surface area contributed by atoms with Crippen molar-refractivity contribution >= 4 is 11.9 Å². The van der Waals surface area contributed by atoms with Crippen molar-refractivity contribution in [3.8, 4) is 0 Å². The second kappa shape index (κ2) is 10.9. The molecule has 0 aliphatic heterocycles. The highest BCUT2D eigenvalue weighted by Gasteiger charge is 2.39. The van der Waals surface area contributed by atoms with Crippen LogP contribution in [0.5, 0.6) is 0 Å². The molecule has 0 aromatic heterocycles. The van der Waals surface area contributed by atoms with Crippen LogP contribution in [-0.4, -0.2) is 47.0 Å². The van der Waals surface area contributed by atoms with Gasteiger partial charge in [-0.15, -0.1) is 0 Å². The lowest BCUT2D eigenvalue weighted by molar-refractivity contribution is -0.254. The molecular formula is C23H40N2O5. The molecular weight excluding hydrogens is 384 g/mol. The minimum Gasteiger partial charge on any atom is -0.481 e. The summed E-state index contributed by atoms with van der Waals surface area (Å²) < 4.78 is 0. The zero-order valence-electron chi connectivity index (χ0n) is 18.5. The van der Waals surface area contributed by atoms with E-state index in [4.69, 9.17) is 5.26 Å². The fraction of sp³-hybridized carbons (Fsp3) is 0.913. The number of nitrogens with one attached hydrogen (secondary N) is 2. The number of carbonyl (C=O) groups excluding carboxylic acids is 1. The Labute approximate surface area is 180 Å². The highest BCUT2D eigenvalue weighted by atomic mass is 17.1. The lowest BCUT2D eigenvalue weighted by atomic mass is 9.74. The second-order valence-corrected chi connectivity index (χ2v) is 10.3. The molecule has 6 atom stereocenters. The van der Waals surface area contributed by atoms with Gasteiger partial charge in [-0.1, -0.05) is 13.8 Å². The van der Waals surface area contributed by atoms with Gasteiger partial charge < -0.3 is 15.7 Å². The molecule has 30 heavy (non-hydrogen) atoms. The van der Waals surface area contributed by atoms with Crippen molar-refractivity contribution in [1.29, 1.82) is 0 Å². The molecule has 3 rings (SSSR count). The van der Waals surface area contributed by atoms with Gasteiger partial charge in [0.25, 0.3) is 0 Å². The Morgan fingerprint density at radius 3 is 2.17 bits per heavy atom. The molecule has 172 valence electrons. The summed E-state index contributed by atoms with van der Waals surface area (Å²) in [5.74, 6) is -0.446. The fourth-order valence-corrected chi connectivity index (χ4v) is 5.98. The zero-order valence-corrected chi connectivity index (χ0v) is 18.5. The maximum Gasteiger partial charge on any atom is 0.307 e. The van der Waals surface area contributed by atoms with Crippen LogP contribution in [-0.2, 0) is 14.5 Å². The van der Waals surface area contributed by atoms with Crippen LogP contribution in [0.2, 0.25) is 0 Å². The van der Waals surface area contributed by atoms with Gasteiger partial charge in [0.2, 0.25) is 5.91 Å². The molecule has 1 amide bonds. The van der Waals surface area contributed by atoms with E-state index >= 15 is 0 Å². The smallest absolute Gasteiger partial charge is 0.307 e. The van der Waals surface area contributed by atoms with Gasteiger partial charge in [-0.25, -0.2) is 4.89 Å². The molecule has 0 bridgehead atoms. The highest BCUT2D eigenvalue weighted by Crippen LogP contribution is 2.35. The minimum atomic E-state index is -0.835. The van der Waals surface area contributed by atoms with E-state index in [-0.39, 0.29) is 11.9 Å². The van der Waals surface area contributed by atoms with E-state index in [0.29, 0.717) is 49.3 Å². The Morgan fingerprint density at radius 2 is 1.50 bits per heavy atom. The second-order valence-electron chi connectivity index (χ2n) is 10.3. The van der Waals surface area contributed by atoms with Crippen LogP contribution in [0.1, 0.15) is 78.1 Å². The van der Waals surface area contributed by atoms with E-state index in [2.05, 4.69) is 29.4 Å². The molecule has 7 heteroatoms. The number of amides is 1. The molecule has 0 radical (unpaired) electrons. The number of carboxylic acids is 1. The summed E-state index contributed by atoms with van der Waals surface area (Å²) >= 11 is 0. The van der Waals surface area contributed by atoms with Gasteiger partial charge in [0.1, 0.15) is 0 Å². The summed E-state index contributed by atoms with van der Waals surface area (Å²) in [5, 5.41) is 25.4. The topological polar surface area (TPSA) is 108 Å². The van der Waals surface area contributed by atoms with Crippen molar-refractivity contribution in [3.05, 3.63) is 0 Å². The Bertz CT molecular complexity index is 578. The van der Waals surface area contributed by atoms with Crippen molar-refractivity contribution in [2.24, 2.45) is 29.6 Å². The monoisotopic (exact) mass is 424 g/mol. The van der Waals surface area contributed by atoms with E-state index < -0.39 is 17.8 Å². The molecule has 7 nitrogen and oxygen atoms in total. The van der Waals surface area contributed by atoms with Gasteiger partial charge in [-0.05, 0) is 76.0 Å². The first-order valence-electron chi connectivity index (χ1n) is 11.9. The number of carboxylic acid groups (broad SMARTS) is 1. The predicted molar refractivity (Wildman–Crippen MR) is 114 cm³/mol. The summed E-state index contributed by atoms with van der Waals surface area (Å²) in [6.45, 7) is 4.72. The minimum absolute atomic E-state index is 0.0628. The normalized spacial score (nSPS) is 40.0. The van der Waals surface area contributed by atoms with Crippen molar-refractivity contribution in [2.75, 3.05) is 6.61 Å². The highest BCUT2D eigenvalue weighted by molar-refractivity contribution is 5.85. The molecule has 3 fully saturated rings. The summed E-state index contributed by atoms with van der Waals surface area (Å²) in [5.41, 5.74) is 0.